The van der Waals surface area contributed by atoms with E-state index in [0.717, 1.165) is 21.5 Å². The molecule has 0 aliphatic heterocycles. The number of aromatic nitrogens is 4. The molecule has 0 unspecified atom stereocenters. The van der Waals surface area contributed by atoms with Crippen molar-refractivity contribution >= 4 is 46.0 Å². The first-order valence-corrected chi connectivity index (χ1v) is 8.94. The Balaban J connectivity index is 1.70. The molecular weight excluding hydrogens is 375 g/mol. The van der Waals surface area contributed by atoms with Gasteiger partial charge in [0.15, 0.2) is 5.16 Å². The Labute approximate surface area is 158 Å². The molecule has 0 atom stereocenters. The zero-order valence-corrected chi connectivity index (χ0v) is 15.1. The third kappa shape index (κ3) is 3.44. The van der Waals surface area contributed by atoms with Gasteiger partial charge in [0.05, 0.1) is 16.7 Å². The Morgan fingerprint density at radius 2 is 1.76 bits per heavy atom. The molecule has 122 valence electrons. The Morgan fingerprint density at radius 1 is 0.840 bits per heavy atom. The predicted molar refractivity (Wildman–Crippen MR) is 101 cm³/mol. The molecule has 0 N–H and O–H groups in total. The number of hydrogen-bond acceptors (Lipinski definition) is 5. The Bertz CT molecular complexity index is 1060. The lowest BCUT2D eigenvalue weighted by molar-refractivity contribution is 0.996. The number of benzene rings is 1. The summed E-state index contributed by atoms with van der Waals surface area (Å²) >= 11 is 13.9. The van der Waals surface area contributed by atoms with E-state index in [1.54, 1.807) is 24.7 Å². The molecule has 0 amide bonds. The van der Waals surface area contributed by atoms with E-state index in [1.807, 2.05) is 36.4 Å². The zero-order chi connectivity index (χ0) is 17.2. The van der Waals surface area contributed by atoms with Crippen LogP contribution in [0.15, 0.2) is 71.1 Å². The first-order valence-electron chi connectivity index (χ1n) is 7.37. The Hall–Kier alpha value is -2.21. The van der Waals surface area contributed by atoms with E-state index in [0.29, 0.717) is 20.8 Å². The van der Waals surface area contributed by atoms with Crippen molar-refractivity contribution in [3.05, 3.63) is 71.2 Å². The third-order valence-electron chi connectivity index (χ3n) is 3.52. The maximum Gasteiger partial charge on any atom is 0.193 e. The first kappa shape index (κ1) is 16.3. The number of rotatable bonds is 3. The van der Waals surface area contributed by atoms with E-state index in [9.17, 15) is 0 Å². The van der Waals surface area contributed by atoms with E-state index < -0.39 is 0 Å². The summed E-state index contributed by atoms with van der Waals surface area (Å²) < 4.78 is 0. The Morgan fingerprint density at radius 3 is 2.60 bits per heavy atom. The van der Waals surface area contributed by atoms with Crippen LogP contribution in [0.5, 0.6) is 0 Å². The quantitative estimate of drug-likeness (QED) is 0.342. The van der Waals surface area contributed by atoms with Gasteiger partial charge in [0, 0.05) is 28.4 Å². The smallest absolute Gasteiger partial charge is 0.193 e. The van der Waals surface area contributed by atoms with Crippen molar-refractivity contribution < 1.29 is 0 Å². The minimum atomic E-state index is 0.420. The number of hydrogen-bond donors (Lipinski definition) is 0. The second kappa shape index (κ2) is 6.96. The van der Waals surface area contributed by atoms with Crippen molar-refractivity contribution in [1.29, 1.82) is 0 Å². The highest BCUT2D eigenvalue weighted by Crippen LogP contribution is 2.38. The molecule has 0 aliphatic rings. The van der Waals surface area contributed by atoms with Crippen LogP contribution < -0.4 is 0 Å². The number of pyridine rings is 2. The molecule has 0 bridgehead atoms. The predicted octanol–water partition coefficient (Wildman–Crippen LogP) is 5.54. The van der Waals surface area contributed by atoms with E-state index in [1.165, 1.54) is 11.8 Å². The summed E-state index contributed by atoms with van der Waals surface area (Å²) in [6.45, 7) is 0. The van der Waals surface area contributed by atoms with Crippen LogP contribution in [0.2, 0.25) is 10.2 Å². The molecule has 3 aromatic heterocycles. The maximum absolute atomic E-state index is 6.60. The van der Waals surface area contributed by atoms with Crippen LogP contribution in [0.3, 0.4) is 0 Å². The molecule has 7 heteroatoms. The highest BCUT2D eigenvalue weighted by atomic mass is 35.5. The van der Waals surface area contributed by atoms with Gasteiger partial charge in [0.2, 0.25) is 0 Å². The molecule has 3 heterocycles. The topological polar surface area (TPSA) is 51.6 Å². The maximum atomic E-state index is 6.60. The summed E-state index contributed by atoms with van der Waals surface area (Å²) in [4.78, 5) is 18.1. The van der Waals surface area contributed by atoms with Gasteiger partial charge in [-0.25, -0.2) is 15.0 Å². The lowest BCUT2D eigenvalue weighted by Crippen LogP contribution is -1.90. The lowest BCUT2D eigenvalue weighted by atomic mass is 10.1. The van der Waals surface area contributed by atoms with Crippen molar-refractivity contribution in [3.63, 3.8) is 0 Å². The van der Waals surface area contributed by atoms with Gasteiger partial charge in [0.25, 0.3) is 0 Å². The number of fused-ring (bicyclic) bond motifs is 1. The molecule has 25 heavy (non-hydrogen) atoms. The number of nitrogens with zero attached hydrogens (tertiary/aromatic N) is 4. The highest BCUT2D eigenvalue weighted by molar-refractivity contribution is 7.99. The second-order valence-electron chi connectivity index (χ2n) is 5.15. The van der Waals surface area contributed by atoms with Crippen molar-refractivity contribution in [1.82, 2.24) is 19.9 Å². The van der Waals surface area contributed by atoms with Gasteiger partial charge in [0.1, 0.15) is 10.7 Å². The van der Waals surface area contributed by atoms with Crippen LogP contribution in [0, 0.1) is 0 Å². The van der Waals surface area contributed by atoms with Gasteiger partial charge in [-0.1, -0.05) is 41.4 Å². The second-order valence-corrected chi connectivity index (χ2v) is 6.93. The molecule has 0 aliphatic carbocycles. The molecule has 0 saturated carbocycles. The van der Waals surface area contributed by atoms with Gasteiger partial charge in [-0.2, -0.15) is 0 Å². The third-order valence-corrected chi connectivity index (χ3v) is 5.19. The molecule has 0 radical (unpaired) electrons. The minimum absolute atomic E-state index is 0.420. The summed E-state index contributed by atoms with van der Waals surface area (Å²) in [5.74, 6) is 0. The molecule has 0 spiro atoms. The van der Waals surface area contributed by atoms with E-state index >= 15 is 0 Å². The first-order chi connectivity index (χ1) is 12.2. The van der Waals surface area contributed by atoms with Crippen LogP contribution >= 0.6 is 35.0 Å². The van der Waals surface area contributed by atoms with Gasteiger partial charge in [-0.15, -0.1) is 0 Å². The van der Waals surface area contributed by atoms with E-state index in [-0.39, 0.29) is 0 Å². The van der Waals surface area contributed by atoms with E-state index in [2.05, 4.69) is 19.9 Å². The fourth-order valence-electron chi connectivity index (χ4n) is 2.36. The normalized spacial score (nSPS) is 11.0. The molecule has 4 aromatic rings. The molecule has 0 fully saturated rings. The summed E-state index contributed by atoms with van der Waals surface area (Å²) in [7, 11) is 0. The minimum Gasteiger partial charge on any atom is -0.264 e. The summed E-state index contributed by atoms with van der Waals surface area (Å²) in [6, 6.07) is 13.3. The van der Waals surface area contributed by atoms with Crippen LogP contribution in [0.4, 0.5) is 0 Å². The average Bonchev–Trinajstić information content (AvgIpc) is 2.64. The highest BCUT2D eigenvalue weighted by Gasteiger charge is 2.11. The summed E-state index contributed by atoms with van der Waals surface area (Å²) in [5, 5.41) is 1.67. The summed E-state index contributed by atoms with van der Waals surface area (Å²) in [6.07, 6.45) is 5.19. The molecule has 0 saturated heterocycles. The van der Waals surface area contributed by atoms with Crippen LogP contribution in [-0.4, -0.2) is 19.9 Å². The van der Waals surface area contributed by atoms with E-state index in [4.69, 9.17) is 23.2 Å². The molecule has 4 rings (SSSR count). The SMILES string of the molecule is Clc1ccc2nc(Sc3cccc(-c4cccnc4)c3Cl)ncc2n1. The molecule has 1 aromatic carbocycles. The van der Waals surface area contributed by atoms with Crippen molar-refractivity contribution in [2.75, 3.05) is 0 Å². The van der Waals surface area contributed by atoms with Crippen LogP contribution in [-0.2, 0) is 0 Å². The molecular formula is C18H10Cl2N4S. The van der Waals surface area contributed by atoms with Gasteiger partial charge in [-0.05, 0) is 36.0 Å². The largest absolute Gasteiger partial charge is 0.264 e. The fourth-order valence-corrected chi connectivity index (χ4v) is 3.66. The van der Waals surface area contributed by atoms with Crippen molar-refractivity contribution in [3.8, 4) is 11.1 Å². The summed E-state index contributed by atoms with van der Waals surface area (Å²) in [5.41, 5.74) is 3.29. The van der Waals surface area contributed by atoms with Crippen LogP contribution in [0.1, 0.15) is 0 Å². The van der Waals surface area contributed by atoms with Gasteiger partial charge in [-0.3, -0.25) is 4.98 Å². The van der Waals surface area contributed by atoms with Crippen LogP contribution in [0.25, 0.3) is 22.2 Å². The zero-order valence-electron chi connectivity index (χ0n) is 12.7. The fraction of sp³-hybridized carbons (Fsp3) is 0. The average molecular weight is 385 g/mol. The van der Waals surface area contributed by atoms with Gasteiger partial charge < -0.3 is 0 Å². The number of halogens is 2. The van der Waals surface area contributed by atoms with Crippen molar-refractivity contribution in [2.45, 2.75) is 10.1 Å². The standard InChI is InChI=1S/C18H10Cl2N4S/c19-16-7-6-13-14(23-16)10-22-18(24-13)25-15-5-1-4-12(17(15)20)11-3-2-8-21-9-11/h1-10H. The Kier molecular flexibility index (Phi) is 4.53. The lowest BCUT2D eigenvalue weighted by Gasteiger charge is -2.09. The van der Waals surface area contributed by atoms with Gasteiger partial charge >= 0.3 is 0 Å². The molecule has 4 nitrogen and oxygen atoms in total. The van der Waals surface area contributed by atoms with Crippen molar-refractivity contribution in [2.24, 2.45) is 0 Å². The monoisotopic (exact) mass is 384 g/mol.